The number of hydrogen-bond donors (Lipinski definition) is 0. The minimum Gasteiger partial charge on any atom is -0.342 e. The molecule has 1 aromatic heterocycles. The van der Waals surface area contributed by atoms with Crippen molar-refractivity contribution >= 4 is 5.91 Å². The van der Waals surface area contributed by atoms with Gasteiger partial charge in [-0.2, -0.15) is 4.98 Å². The van der Waals surface area contributed by atoms with Crippen LogP contribution in [-0.4, -0.2) is 34.0 Å². The molecular formula is C21H21N3O2. The predicted octanol–water partition coefficient (Wildman–Crippen LogP) is 3.60. The molecule has 26 heavy (non-hydrogen) atoms. The highest BCUT2D eigenvalue weighted by Crippen LogP contribution is 2.28. The quantitative estimate of drug-likeness (QED) is 0.707. The lowest BCUT2D eigenvalue weighted by Crippen LogP contribution is -2.27. The van der Waals surface area contributed by atoms with E-state index in [0.29, 0.717) is 24.7 Å². The van der Waals surface area contributed by atoms with Crippen molar-refractivity contribution in [2.75, 3.05) is 13.1 Å². The van der Waals surface area contributed by atoms with E-state index in [1.165, 1.54) is 11.1 Å². The van der Waals surface area contributed by atoms with E-state index in [1.807, 2.05) is 54.3 Å². The zero-order valence-electron chi connectivity index (χ0n) is 14.8. The topological polar surface area (TPSA) is 59.2 Å². The van der Waals surface area contributed by atoms with Crippen LogP contribution in [0, 0.1) is 6.92 Å². The maximum atomic E-state index is 12.3. The zero-order chi connectivity index (χ0) is 17.9. The molecule has 0 unspecified atom stereocenters. The lowest BCUT2D eigenvalue weighted by atomic mass is 10.1. The summed E-state index contributed by atoms with van der Waals surface area (Å²) in [6.07, 6.45) is 1.31. The number of carbonyl (C=O) groups excluding carboxylic acids is 1. The van der Waals surface area contributed by atoms with Crippen molar-refractivity contribution < 1.29 is 9.32 Å². The van der Waals surface area contributed by atoms with Gasteiger partial charge in [0.15, 0.2) is 5.82 Å². The van der Waals surface area contributed by atoms with Gasteiger partial charge in [-0.3, -0.25) is 4.79 Å². The van der Waals surface area contributed by atoms with Crippen LogP contribution < -0.4 is 0 Å². The Labute approximate surface area is 152 Å². The Morgan fingerprint density at radius 2 is 1.88 bits per heavy atom. The van der Waals surface area contributed by atoms with Crippen molar-refractivity contribution in [3.05, 3.63) is 71.5 Å². The molecule has 1 aliphatic rings. The van der Waals surface area contributed by atoms with Gasteiger partial charge in [0.05, 0.1) is 0 Å². The molecule has 1 aliphatic heterocycles. The van der Waals surface area contributed by atoms with Crippen molar-refractivity contribution in [3.63, 3.8) is 0 Å². The number of amides is 1. The van der Waals surface area contributed by atoms with Gasteiger partial charge in [-0.1, -0.05) is 53.2 Å². The highest BCUT2D eigenvalue weighted by Gasteiger charge is 2.33. The third kappa shape index (κ3) is 3.52. The number of aryl methyl sites for hydroxylation is 1. The van der Waals surface area contributed by atoms with Gasteiger partial charge >= 0.3 is 0 Å². The Bertz CT molecular complexity index is 887. The molecule has 0 bridgehead atoms. The summed E-state index contributed by atoms with van der Waals surface area (Å²) in [6.45, 7) is 3.41. The summed E-state index contributed by atoms with van der Waals surface area (Å²) in [4.78, 5) is 18.8. The van der Waals surface area contributed by atoms with Crippen molar-refractivity contribution in [2.24, 2.45) is 0 Å². The van der Waals surface area contributed by atoms with Gasteiger partial charge in [0.1, 0.15) is 0 Å². The highest BCUT2D eigenvalue weighted by atomic mass is 16.5. The normalized spacial score (nSPS) is 17.0. The second kappa shape index (κ2) is 7.12. The molecule has 0 spiro atoms. The average Bonchev–Trinajstić information content (AvgIpc) is 3.28. The first-order valence-corrected chi connectivity index (χ1v) is 8.91. The molecule has 2 heterocycles. The summed E-state index contributed by atoms with van der Waals surface area (Å²) in [6, 6.07) is 18.2. The van der Waals surface area contributed by atoms with Gasteiger partial charge in [0.2, 0.25) is 5.91 Å². The molecule has 0 saturated carbocycles. The number of carbonyl (C=O) groups is 1. The first kappa shape index (κ1) is 16.5. The Morgan fingerprint density at radius 3 is 2.65 bits per heavy atom. The summed E-state index contributed by atoms with van der Waals surface area (Å²) < 4.78 is 5.41. The predicted molar refractivity (Wildman–Crippen MR) is 98.6 cm³/mol. The molecule has 0 radical (unpaired) electrons. The fourth-order valence-electron chi connectivity index (χ4n) is 3.28. The van der Waals surface area contributed by atoms with Gasteiger partial charge in [0.25, 0.3) is 5.89 Å². The zero-order valence-corrected chi connectivity index (χ0v) is 14.8. The molecule has 3 aromatic rings. The number of rotatable bonds is 5. The standard InChI is InChI=1S/C21H21N3O2/c1-15-7-9-17(10-8-15)21-22-20(23-26-21)18-13-19(25)24(14-18)12-11-16-5-3-2-4-6-16/h2-10,18H,11-14H2,1H3/t18-/m0/s1. The molecule has 5 nitrogen and oxygen atoms in total. The van der Waals surface area contributed by atoms with Crippen LogP contribution in [-0.2, 0) is 11.2 Å². The fraction of sp³-hybridized carbons (Fsp3) is 0.286. The monoisotopic (exact) mass is 347 g/mol. The van der Waals surface area contributed by atoms with E-state index >= 15 is 0 Å². The van der Waals surface area contributed by atoms with Crippen molar-refractivity contribution in [3.8, 4) is 11.5 Å². The van der Waals surface area contributed by atoms with E-state index in [9.17, 15) is 4.79 Å². The van der Waals surface area contributed by atoms with Crippen LogP contribution in [0.25, 0.3) is 11.5 Å². The third-order valence-corrected chi connectivity index (χ3v) is 4.83. The summed E-state index contributed by atoms with van der Waals surface area (Å²) in [5.74, 6) is 1.29. The van der Waals surface area contributed by atoms with Gasteiger partial charge in [0, 0.05) is 31.0 Å². The van der Waals surface area contributed by atoms with Crippen LogP contribution in [0.1, 0.15) is 29.3 Å². The maximum absolute atomic E-state index is 12.3. The van der Waals surface area contributed by atoms with Crippen molar-refractivity contribution in [1.29, 1.82) is 0 Å². The Balaban J connectivity index is 1.41. The van der Waals surface area contributed by atoms with Crippen molar-refractivity contribution in [1.82, 2.24) is 15.0 Å². The second-order valence-corrected chi connectivity index (χ2v) is 6.80. The number of nitrogens with zero attached hydrogens (tertiary/aromatic N) is 3. The van der Waals surface area contributed by atoms with E-state index in [2.05, 4.69) is 22.3 Å². The molecule has 0 aliphatic carbocycles. The summed E-state index contributed by atoms with van der Waals surface area (Å²) >= 11 is 0. The second-order valence-electron chi connectivity index (χ2n) is 6.80. The average molecular weight is 347 g/mol. The van der Waals surface area contributed by atoms with Crippen LogP contribution in [0.5, 0.6) is 0 Å². The van der Waals surface area contributed by atoms with Gasteiger partial charge in [-0.15, -0.1) is 0 Å². The Morgan fingerprint density at radius 1 is 1.12 bits per heavy atom. The van der Waals surface area contributed by atoms with E-state index in [1.54, 1.807) is 0 Å². The number of benzene rings is 2. The maximum Gasteiger partial charge on any atom is 0.257 e. The molecule has 1 saturated heterocycles. The highest BCUT2D eigenvalue weighted by molar-refractivity contribution is 5.79. The molecule has 2 aromatic carbocycles. The lowest BCUT2D eigenvalue weighted by Gasteiger charge is -2.15. The molecular weight excluding hydrogens is 326 g/mol. The molecule has 1 amide bonds. The fourth-order valence-corrected chi connectivity index (χ4v) is 3.28. The molecule has 1 fully saturated rings. The summed E-state index contributed by atoms with van der Waals surface area (Å²) in [5, 5.41) is 4.12. The molecule has 1 atom stereocenters. The van der Waals surface area contributed by atoms with E-state index in [4.69, 9.17) is 4.52 Å². The largest absolute Gasteiger partial charge is 0.342 e. The van der Waals surface area contributed by atoms with E-state index < -0.39 is 0 Å². The van der Waals surface area contributed by atoms with Crippen LogP contribution in [0.2, 0.25) is 0 Å². The minimum atomic E-state index is 0.00113. The molecule has 4 rings (SSSR count). The molecule has 5 heteroatoms. The Hall–Kier alpha value is -2.95. The van der Waals surface area contributed by atoms with Gasteiger partial charge in [-0.05, 0) is 31.0 Å². The third-order valence-electron chi connectivity index (χ3n) is 4.83. The van der Waals surface area contributed by atoms with Crippen LogP contribution >= 0.6 is 0 Å². The van der Waals surface area contributed by atoms with E-state index in [0.717, 1.165) is 18.5 Å². The van der Waals surface area contributed by atoms with Crippen LogP contribution in [0.4, 0.5) is 0 Å². The van der Waals surface area contributed by atoms with Gasteiger partial charge in [-0.25, -0.2) is 0 Å². The van der Waals surface area contributed by atoms with Crippen LogP contribution in [0.3, 0.4) is 0 Å². The lowest BCUT2D eigenvalue weighted by molar-refractivity contribution is -0.127. The minimum absolute atomic E-state index is 0.00113. The van der Waals surface area contributed by atoms with E-state index in [-0.39, 0.29) is 11.8 Å². The number of hydrogen-bond acceptors (Lipinski definition) is 4. The number of aromatic nitrogens is 2. The smallest absolute Gasteiger partial charge is 0.257 e. The van der Waals surface area contributed by atoms with Crippen LogP contribution in [0.15, 0.2) is 59.1 Å². The Kier molecular flexibility index (Phi) is 4.52. The first-order chi connectivity index (χ1) is 12.7. The summed E-state index contributed by atoms with van der Waals surface area (Å²) in [7, 11) is 0. The molecule has 0 N–H and O–H groups in total. The van der Waals surface area contributed by atoms with Crippen molar-refractivity contribution in [2.45, 2.75) is 25.7 Å². The SMILES string of the molecule is Cc1ccc(-c2nc([C@H]3CC(=O)N(CCc4ccccc4)C3)no2)cc1. The summed E-state index contributed by atoms with van der Waals surface area (Å²) in [5.41, 5.74) is 3.33. The van der Waals surface area contributed by atoms with Gasteiger partial charge < -0.3 is 9.42 Å². The molecule has 132 valence electrons. The number of likely N-dealkylation sites (tertiary alicyclic amines) is 1. The first-order valence-electron chi connectivity index (χ1n) is 8.91.